The van der Waals surface area contributed by atoms with E-state index >= 15 is 0 Å². The van der Waals surface area contributed by atoms with Crippen molar-refractivity contribution in [2.75, 3.05) is 17.3 Å². The minimum atomic E-state index is -1.72. The molecule has 2 aromatic carbocycles. The highest BCUT2D eigenvalue weighted by Gasteiger charge is 2.27. The summed E-state index contributed by atoms with van der Waals surface area (Å²) >= 11 is 6.71. The molecule has 1 fully saturated rings. The second-order valence-corrected chi connectivity index (χ2v) is 10.2. The zero-order valence-corrected chi connectivity index (χ0v) is 22.5. The Bertz CT molecular complexity index is 1770. The van der Waals surface area contributed by atoms with Crippen LogP contribution in [0.5, 0.6) is 0 Å². The van der Waals surface area contributed by atoms with Gasteiger partial charge in [-0.3, -0.25) is 9.37 Å². The Labute approximate surface area is 241 Å². The lowest BCUT2D eigenvalue weighted by atomic mass is 10.0. The number of anilines is 2. The van der Waals surface area contributed by atoms with E-state index in [-0.39, 0.29) is 28.7 Å². The third-order valence-corrected chi connectivity index (χ3v) is 7.22. The molecule has 3 heterocycles. The quantitative estimate of drug-likeness (QED) is 0.175. The van der Waals surface area contributed by atoms with Crippen molar-refractivity contribution in [1.29, 1.82) is 5.26 Å². The molecule has 1 aliphatic rings. The van der Waals surface area contributed by atoms with Gasteiger partial charge in [-0.15, -0.1) is 5.10 Å². The molecule has 11 heteroatoms. The Kier molecular flexibility index (Phi) is 7.09. The van der Waals surface area contributed by atoms with Crippen LogP contribution in [-0.2, 0) is 0 Å². The monoisotopic (exact) mass is 571 g/mol. The molecule has 0 saturated heterocycles. The van der Waals surface area contributed by atoms with Crippen LogP contribution in [-0.4, -0.2) is 31.6 Å². The number of aromatic nitrogens is 5. The molecule has 206 valence electrons. The van der Waals surface area contributed by atoms with E-state index in [1.807, 2.05) is 30.3 Å². The predicted octanol–water partition coefficient (Wildman–Crippen LogP) is 6.93. The number of alkyl halides is 1. The third kappa shape index (κ3) is 5.67. The number of nitrogens with zero attached hydrogens (tertiary/aromatic N) is 6. The number of rotatable bonds is 10. The van der Waals surface area contributed by atoms with Gasteiger partial charge < -0.3 is 10.6 Å². The lowest BCUT2D eigenvalue weighted by Gasteiger charge is -2.23. The zero-order valence-electron chi connectivity index (χ0n) is 22.7. The van der Waals surface area contributed by atoms with Crippen molar-refractivity contribution in [3.63, 3.8) is 0 Å². The molecule has 2 N–H and O–H groups in total. The van der Waals surface area contributed by atoms with Crippen molar-refractivity contribution in [2.45, 2.75) is 37.4 Å². The molecule has 0 amide bonds. The first-order chi connectivity index (χ1) is 20.4. The largest absolute Gasteiger partial charge is 0.376 e. The fraction of sp³-hybridized carbons (Fsp3) is 0.233. The van der Waals surface area contributed by atoms with Crippen LogP contribution in [0.3, 0.4) is 0 Å². The fourth-order valence-electron chi connectivity index (χ4n) is 4.72. The van der Waals surface area contributed by atoms with Gasteiger partial charge >= 0.3 is 0 Å². The van der Waals surface area contributed by atoms with Gasteiger partial charge in [0.05, 0.1) is 54.1 Å². The van der Waals surface area contributed by atoms with Gasteiger partial charge in [0.25, 0.3) is 0 Å². The first kappa shape index (κ1) is 25.4. The van der Waals surface area contributed by atoms with Gasteiger partial charge in [0.15, 0.2) is 0 Å². The number of benzene rings is 2. The Hall–Kier alpha value is -4.62. The highest BCUT2D eigenvalue weighted by Crippen LogP contribution is 2.38. The summed E-state index contributed by atoms with van der Waals surface area (Å²) in [6.45, 7) is -0.570. The van der Waals surface area contributed by atoms with Gasteiger partial charge in [0.2, 0.25) is 5.95 Å². The third-order valence-electron chi connectivity index (χ3n) is 6.94. The molecule has 2 atom stereocenters. The van der Waals surface area contributed by atoms with Crippen molar-refractivity contribution in [3.05, 3.63) is 107 Å². The average molecular weight is 572 g/mol. The molecule has 0 bridgehead atoms. The topological polar surface area (TPSA) is 104 Å². The molecule has 8 nitrogen and oxygen atoms in total. The Balaban J connectivity index is 1.46. The van der Waals surface area contributed by atoms with Crippen LogP contribution in [0.1, 0.15) is 61.1 Å². The van der Waals surface area contributed by atoms with Gasteiger partial charge in [0.1, 0.15) is 11.8 Å². The molecule has 1 aliphatic carbocycles. The molecule has 6 rings (SSSR count). The molecule has 0 radical (unpaired) electrons. The highest BCUT2D eigenvalue weighted by molar-refractivity contribution is 6.35. The molecule has 41 heavy (non-hydrogen) atoms. The molecule has 0 spiro atoms. The lowest BCUT2D eigenvalue weighted by molar-refractivity contribution is 0.451. The second kappa shape index (κ2) is 11.5. The van der Waals surface area contributed by atoms with Gasteiger partial charge in [-0.05, 0) is 42.2 Å². The number of nitriles is 1. The van der Waals surface area contributed by atoms with Gasteiger partial charge in [0, 0.05) is 29.9 Å². The second-order valence-electron chi connectivity index (χ2n) is 9.78. The average Bonchev–Trinajstić information content (AvgIpc) is 3.73. The van der Waals surface area contributed by atoms with E-state index in [9.17, 15) is 15.4 Å². The van der Waals surface area contributed by atoms with Crippen LogP contribution in [0.25, 0.3) is 10.9 Å². The van der Waals surface area contributed by atoms with E-state index in [1.165, 1.54) is 24.5 Å². The Morgan fingerprint density at radius 2 is 1.93 bits per heavy atom. The van der Waals surface area contributed by atoms with E-state index in [0.717, 1.165) is 18.4 Å². The summed E-state index contributed by atoms with van der Waals surface area (Å²) in [5, 5.41) is 25.8. The van der Waals surface area contributed by atoms with E-state index in [0.29, 0.717) is 27.8 Å². The number of hydrogen-bond acceptors (Lipinski definition) is 7. The summed E-state index contributed by atoms with van der Waals surface area (Å²) < 4.78 is 38.6. The van der Waals surface area contributed by atoms with E-state index in [1.54, 1.807) is 23.0 Å². The maximum absolute atomic E-state index is 13.7. The number of pyridine rings is 2. The van der Waals surface area contributed by atoms with E-state index in [4.69, 9.17) is 11.6 Å². The number of fused-ring (bicyclic) bond motifs is 1. The van der Waals surface area contributed by atoms with Gasteiger partial charge in [-0.25, -0.2) is 9.67 Å². The molecule has 1 saturated carbocycles. The van der Waals surface area contributed by atoms with Crippen LogP contribution in [0.15, 0.2) is 73.2 Å². The van der Waals surface area contributed by atoms with Gasteiger partial charge in [-0.2, -0.15) is 9.65 Å². The predicted molar refractivity (Wildman–Crippen MR) is 153 cm³/mol. The minimum Gasteiger partial charge on any atom is -0.376 e. The van der Waals surface area contributed by atoms with Crippen LogP contribution < -0.4 is 10.6 Å². The summed E-state index contributed by atoms with van der Waals surface area (Å²) in [6.07, 6.45) is 6.54. The molecule has 5 aromatic rings. The first-order valence-corrected chi connectivity index (χ1v) is 13.5. The maximum atomic E-state index is 13.7. The maximum Gasteiger partial charge on any atom is 0.212 e. The fourth-order valence-corrected chi connectivity index (χ4v) is 4.99. The first-order valence-electron chi connectivity index (χ1n) is 13.6. The summed E-state index contributed by atoms with van der Waals surface area (Å²) in [7, 11) is 0. The summed E-state index contributed by atoms with van der Waals surface area (Å²) in [5.41, 5.74) is 3.00. The summed E-state index contributed by atoms with van der Waals surface area (Å²) in [6, 6.07) is 15.6. The van der Waals surface area contributed by atoms with Crippen LogP contribution in [0.4, 0.5) is 20.2 Å². The van der Waals surface area contributed by atoms with Crippen molar-refractivity contribution < 1.29 is 10.2 Å². The van der Waals surface area contributed by atoms with Crippen molar-refractivity contribution in [3.8, 4) is 6.07 Å². The zero-order chi connectivity index (χ0) is 29.3. The molecular formula is C30H25ClF2N8. The van der Waals surface area contributed by atoms with Crippen LogP contribution in [0.2, 0.25) is 5.02 Å². The molecule has 2 unspecified atom stereocenters. The number of nitrogens with one attached hydrogen (secondary N) is 2. The van der Waals surface area contributed by atoms with Crippen molar-refractivity contribution >= 4 is 33.9 Å². The van der Waals surface area contributed by atoms with Crippen molar-refractivity contribution in [2.24, 2.45) is 0 Å². The summed E-state index contributed by atoms with van der Waals surface area (Å²) in [4.78, 5) is 8.17. The molecule has 0 aliphatic heterocycles. The van der Waals surface area contributed by atoms with Crippen LogP contribution in [0, 0.1) is 17.3 Å². The standard InChI is InChI=1S/C30H25ClF2N8/c31-24-13-21(37-29(19-6-9-27(33)35-15-19)26-17-41(40-39-26)22-7-8-22)12-23-28(20(14-34)16-36-30(23)24)38-25(10-11-32)18-4-2-1-3-5-18/h1-6,9,12-13,15-17,22,25,29,37H,7-8,10-11H2,(H,36,38)/i29D. The number of hydrogen-bond donors (Lipinski definition) is 2. The summed E-state index contributed by atoms with van der Waals surface area (Å²) in [5.74, 6) is -0.677. The van der Waals surface area contributed by atoms with Crippen LogP contribution >= 0.6 is 11.6 Å². The van der Waals surface area contributed by atoms with E-state index < -0.39 is 24.7 Å². The normalized spacial score (nSPS) is 15.5. The SMILES string of the molecule is [2H]C(Nc1cc(Cl)c2ncc(C#N)c(NC(CCF)c3ccccc3)c2c1)(c1ccc(F)nc1)c1cn(C2CC2)nn1. The van der Waals surface area contributed by atoms with E-state index in [2.05, 4.69) is 37.0 Å². The van der Waals surface area contributed by atoms with Gasteiger partial charge in [-0.1, -0.05) is 53.2 Å². The Morgan fingerprint density at radius 3 is 2.63 bits per heavy atom. The smallest absolute Gasteiger partial charge is 0.212 e. The van der Waals surface area contributed by atoms with Crippen molar-refractivity contribution in [1.82, 2.24) is 25.0 Å². The Morgan fingerprint density at radius 1 is 1.10 bits per heavy atom. The molecule has 3 aromatic heterocycles. The highest BCUT2D eigenvalue weighted by atomic mass is 35.5. The lowest BCUT2D eigenvalue weighted by Crippen LogP contribution is -2.15. The number of halogens is 3. The minimum absolute atomic E-state index is 0.175. The molecular weight excluding hydrogens is 546 g/mol.